The molecule has 0 aromatic carbocycles. The Hall–Kier alpha value is -0.650. The van der Waals surface area contributed by atoms with E-state index in [1.165, 1.54) is 6.42 Å². The van der Waals surface area contributed by atoms with Crippen molar-refractivity contribution < 1.29 is 9.90 Å². The van der Waals surface area contributed by atoms with Gasteiger partial charge in [0.25, 0.3) is 0 Å². The van der Waals surface area contributed by atoms with Gasteiger partial charge in [0, 0.05) is 19.6 Å². The highest BCUT2D eigenvalue weighted by molar-refractivity contribution is 5.81. The molecule has 1 atom stereocenters. The highest BCUT2D eigenvalue weighted by Crippen LogP contribution is 2.16. The van der Waals surface area contributed by atoms with Crippen LogP contribution in [0.25, 0.3) is 0 Å². The monoisotopic (exact) mass is 229 g/mol. The number of nitrogens with zero attached hydrogens (tertiary/aromatic N) is 1. The summed E-state index contributed by atoms with van der Waals surface area (Å²) in [6.07, 6.45) is 3.22. The van der Waals surface area contributed by atoms with E-state index < -0.39 is 0 Å². The zero-order valence-corrected chi connectivity index (χ0v) is 10.0. The van der Waals surface area contributed by atoms with Gasteiger partial charge < -0.3 is 15.7 Å². The lowest BCUT2D eigenvalue weighted by Crippen LogP contribution is -2.51. The molecule has 5 heteroatoms. The quantitative estimate of drug-likeness (QED) is 0.556. The number of hydrogen-bond donors (Lipinski definition) is 3. The summed E-state index contributed by atoms with van der Waals surface area (Å²) < 4.78 is 0. The van der Waals surface area contributed by atoms with Crippen LogP contribution in [-0.2, 0) is 4.79 Å². The van der Waals surface area contributed by atoms with E-state index in [-0.39, 0.29) is 18.6 Å². The molecule has 0 bridgehead atoms. The fraction of sp³-hybridized carbons (Fsp3) is 0.909. The maximum atomic E-state index is 11.8. The van der Waals surface area contributed by atoms with Crippen molar-refractivity contribution >= 4 is 5.91 Å². The van der Waals surface area contributed by atoms with Gasteiger partial charge in [0.2, 0.25) is 5.91 Å². The summed E-state index contributed by atoms with van der Waals surface area (Å²) in [5.41, 5.74) is 0. The van der Waals surface area contributed by atoms with E-state index in [4.69, 9.17) is 5.11 Å². The number of carbonyl (C=O) groups is 1. The Morgan fingerprint density at radius 1 is 1.44 bits per heavy atom. The molecule has 0 radical (unpaired) electrons. The number of amides is 1. The number of aliphatic hydroxyl groups excluding tert-OH is 1. The number of likely N-dealkylation sites (N-methyl/N-ethyl adjacent to an activating group) is 1. The molecule has 0 aliphatic carbocycles. The van der Waals surface area contributed by atoms with Crippen LogP contribution in [0.4, 0.5) is 0 Å². The van der Waals surface area contributed by atoms with Crippen LogP contribution in [0.3, 0.4) is 0 Å². The van der Waals surface area contributed by atoms with Gasteiger partial charge in [-0.3, -0.25) is 9.69 Å². The van der Waals surface area contributed by atoms with Gasteiger partial charge in [-0.15, -0.1) is 0 Å². The van der Waals surface area contributed by atoms with Crippen molar-refractivity contribution in [2.45, 2.75) is 25.3 Å². The summed E-state index contributed by atoms with van der Waals surface area (Å²) in [7, 11) is 1.92. The Kier molecular flexibility index (Phi) is 6.37. The van der Waals surface area contributed by atoms with Gasteiger partial charge in [-0.2, -0.15) is 0 Å². The minimum atomic E-state index is -0.00588. The van der Waals surface area contributed by atoms with E-state index in [2.05, 4.69) is 15.5 Å². The van der Waals surface area contributed by atoms with Crippen LogP contribution in [0.15, 0.2) is 0 Å². The number of likely N-dealkylation sites (tertiary alicyclic amines) is 1. The second-order valence-corrected chi connectivity index (χ2v) is 4.17. The number of hydrogen-bond acceptors (Lipinski definition) is 4. The number of nitrogens with one attached hydrogen (secondary N) is 2. The first-order chi connectivity index (χ1) is 7.79. The topological polar surface area (TPSA) is 64.6 Å². The average molecular weight is 229 g/mol. The molecule has 94 valence electrons. The maximum absolute atomic E-state index is 11.8. The van der Waals surface area contributed by atoms with E-state index in [1.807, 2.05) is 7.05 Å². The number of carbonyl (C=O) groups excluding carboxylic acids is 1. The third-order valence-corrected chi connectivity index (χ3v) is 2.98. The molecule has 5 nitrogen and oxygen atoms in total. The van der Waals surface area contributed by atoms with Crippen LogP contribution < -0.4 is 10.6 Å². The molecule has 0 aromatic rings. The van der Waals surface area contributed by atoms with E-state index in [0.29, 0.717) is 6.54 Å². The molecule has 3 N–H and O–H groups in total. The summed E-state index contributed by atoms with van der Waals surface area (Å²) in [5, 5.41) is 14.5. The number of aliphatic hydroxyl groups is 1. The summed E-state index contributed by atoms with van der Waals surface area (Å²) in [4.78, 5) is 14.1. The molecule has 1 aliphatic rings. The Morgan fingerprint density at radius 3 is 2.94 bits per heavy atom. The largest absolute Gasteiger partial charge is 0.395 e. The van der Waals surface area contributed by atoms with Crippen molar-refractivity contribution in [3.63, 3.8) is 0 Å². The van der Waals surface area contributed by atoms with Crippen LogP contribution in [-0.4, -0.2) is 61.8 Å². The van der Waals surface area contributed by atoms with Crippen molar-refractivity contribution in [3.8, 4) is 0 Å². The maximum Gasteiger partial charge on any atom is 0.237 e. The van der Waals surface area contributed by atoms with Crippen LogP contribution in [0.2, 0.25) is 0 Å². The second-order valence-electron chi connectivity index (χ2n) is 4.17. The molecule has 16 heavy (non-hydrogen) atoms. The molecule has 0 saturated carbocycles. The summed E-state index contributed by atoms with van der Waals surface area (Å²) >= 11 is 0. The Morgan fingerprint density at radius 2 is 2.25 bits per heavy atom. The van der Waals surface area contributed by atoms with Gasteiger partial charge >= 0.3 is 0 Å². The van der Waals surface area contributed by atoms with E-state index >= 15 is 0 Å². The molecule has 1 fully saturated rings. The van der Waals surface area contributed by atoms with Gasteiger partial charge in [0.15, 0.2) is 0 Å². The van der Waals surface area contributed by atoms with Crippen molar-refractivity contribution in [1.82, 2.24) is 15.5 Å². The summed E-state index contributed by atoms with van der Waals surface area (Å²) in [5.74, 6) is 0.0600. The molecule has 1 unspecified atom stereocenters. The predicted molar refractivity (Wildman–Crippen MR) is 63.2 cm³/mol. The molecule has 0 spiro atoms. The lowest BCUT2D eigenvalue weighted by atomic mass is 10.0. The molecular formula is C11H23N3O2. The number of piperidine rings is 1. The summed E-state index contributed by atoms with van der Waals surface area (Å²) in [6.45, 7) is 3.18. The first-order valence-corrected chi connectivity index (χ1v) is 6.07. The van der Waals surface area contributed by atoms with E-state index in [9.17, 15) is 4.79 Å². The summed E-state index contributed by atoms with van der Waals surface area (Å²) in [6, 6.07) is -0.00588. The lowest BCUT2D eigenvalue weighted by molar-refractivity contribution is -0.127. The van der Waals surface area contributed by atoms with Crippen LogP contribution >= 0.6 is 0 Å². The zero-order chi connectivity index (χ0) is 11.8. The third kappa shape index (κ3) is 4.08. The molecule has 1 rings (SSSR count). The Bertz CT molecular complexity index is 211. The van der Waals surface area contributed by atoms with Gasteiger partial charge in [0.1, 0.15) is 0 Å². The fourth-order valence-electron chi connectivity index (χ4n) is 2.11. The van der Waals surface area contributed by atoms with Crippen molar-refractivity contribution in [3.05, 3.63) is 0 Å². The van der Waals surface area contributed by atoms with Crippen molar-refractivity contribution in [1.29, 1.82) is 0 Å². The second kappa shape index (κ2) is 7.60. The smallest absolute Gasteiger partial charge is 0.237 e. The van der Waals surface area contributed by atoms with Gasteiger partial charge in [-0.25, -0.2) is 0 Å². The predicted octanol–water partition coefficient (Wildman–Crippen LogP) is -0.831. The SMILES string of the molecule is CNCCN1CCCCC1C(=O)NCCO. The first kappa shape index (κ1) is 13.4. The van der Waals surface area contributed by atoms with Crippen molar-refractivity contribution in [2.24, 2.45) is 0 Å². The third-order valence-electron chi connectivity index (χ3n) is 2.98. The normalized spacial score (nSPS) is 22.0. The average Bonchev–Trinajstić information content (AvgIpc) is 2.33. The molecule has 1 amide bonds. The van der Waals surface area contributed by atoms with Crippen molar-refractivity contribution in [2.75, 3.05) is 39.8 Å². The Labute approximate surface area is 97.2 Å². The molecule has 1 aliphatic heterocycles. The van der Waals surface area contributed by atoms with E-state index in [1.54, 1.807) is 0 Å². The highest BCUT2D eigenvalue weighted by atomic mass is 16.3. The highest BCUT2D eigenvalue weighted by Gasteiger charge is 2.27. The Balaban J connectivity index is 2.42. The molecule has 0 aromatic heterocycles. The minimum absolute atomic E-state index is 0.00588. The van der Waals surface area contributed by atoms with Gasteiger partial charge in [-0.05, 0) is 26.4 Å². The molecular weight excluding hydrogens is 206 g/mol. The van der Waals surface area contributed by atoms with Gasteiger partial charge in [0.05, 0.1) is 12.6 Å². The zero-order valence-electron chi connectivity index (χ0n) is 10.0. The van der Waals surface area contributed by atoms with Crippen LogP contribution in [0, 0.1) is 0 Å². The van der Waals surface area contributed by atoms with E-state index in [0.717, 1.165) is 32.5 Å². The standard InChI is InChI=1S/C11H23N3O2/c1-12-5-8-14-7-3-2-4-10(14)11(16)13-6-9-15/h10,12,15H,2-9H2,1H3,(H,13,16). The van der Waals surface area contributed by atoms with Crippen LogP contribution in [0.1, 0.15) is 19.3 Å². The van der Waals surface area contributed by atoms with Gasteiger partial charge in [-0.1, -0.05) is 6.42 Å². The minimum Gasteiger partial charge on any atom is -0.395 e. The number of rotatable bonds is 6. The fourth-order valence-corrected chi connectivity index (χ4v) is 2.11. The molecule has 1 saturated heterocycles. The lowest BCUT2D eigenvalue weighted by Gasteiger charge is -2.34. The molecule has 1 heterocycles. The van der Waals surface area contributed by atoms with Crippen LogP contribution in [0.5, 0.6) is 0 Å². The first-order valence-electron chi connectivity index (χ1n) is 6.07.